The molecule has 0 amide bonds. The average molecular weight is 120 g/mol. The molecule has 0 bridgehead atoms. The van der Waals surface area contributed by atoms with Gasteiger partial charge in [0.1, 0.15) is 0 Å². The van der Waals surface area contributed by atoms with Crippen molar-refractivity contribution in [1.82, 2.24) is 0 Å². The zero-order valence-corrected chi connectivity index (χ0v) is 5.92. The number of quaternary nitrogens is 1. The average Bonchev–Trinajstić information content (AvgIpc) is 1.61. The van der Waals surface area contributed by atoms with E-state index in [4.69, 9.17) is 0 Å². The van der Waals surface area contributed by atoms with Gasteiger partial charge in [0.2, 0.25) is 0 Å². The summed E-state index contributed by atoms with van der Waals surface area (Å²) in [4.78, 5) is 0. The van der Waals surface area contributed by atoms with Crippen molar-refractivity contribution >= 4 is 11.8 Å². The second-order valence-electron chi connectivity index (χ2n) is 1.89. The molecule has 7 heavy (non-hydrogen) atoms. The van der Waals surface area contributed by atoms with E-state index < -0.39 is 0 Å². The summed E-state index contributed by atoms with van der Waals surface area (Å²) in [6.45, 7) is 2.15. The van der Waals surface area contributed by atoms with E-state index in [1.54, 1.807) is 0 Å². The monoisotopic (exact) mass is 120 g/mol. The summed E-state index contributed by atoms with van der Waals surface area (Å²) in [5.74, 6) is 1.25. The van der Waals surface area contributed by atoms with Crippen LogP contribution in [0.25, 0.3) is 0 Å². The van der Waals surface area contributed by atoms with Crippen molar-refractivity contribution in [3.8, 4) is 0 Å². The van der Waals surface area contributed by atoms with Gasteiger partial charge in [-0.15, -0.1) is 0 Å². The first-order valence-electron chi connectivity index (χ1n) is 2.59. The third-order valence-electron chi connectivity index (χ3n) is 0.815. The lowest BCUT2D eigenvalue weighted by Gasteiger charge is -1.96. The Morgan fingerprint density at radius 3 is 2.43 bits per heavy atom. The maximum atomic E-state index is 3.86. The van der Waals surface area contributed by atoms with Crippen LogP contribution in [0.5, 0.6) is 0 Å². The van der Waals surface area contributed by atoms with E-state index >= 15 is 0 Å². The van der Waals surface area contributed by atoms with Crippen molar-refractivity contribution in [3.63, 3.8) is 0 Å². The highest BCUT2D eigenvalue weighted by Gasteiger charge is 1.92. The molecule has 0 saturated heterocycles. The van der Waals surface area contributed by atoms with Crippen LogP contribution in [0.1, 0.15) is 13.3 Å². The lowest BCUT2D eigenvalue weighted by atomic mass is 10.3. The molecule has 0 heterocycles. The molecule has 2 heteroatoms. The van der Waals surface area contributed by atoms with Crippen molar-refractivity contribution in [2.24, 2.45) is 0 Å². The zero-order chi connectivity index (χ0) is 5.70. The van der Waals surface area contributed by atoms with Crippen molar-refractivity contribution in [2.45, 2.75) is 19.4 Å². The van der Waals surface area contributed by atoms with Crippen LogP contribution >= 0.6 is 11.8 Å². The normalized spacial score (nSPS) is 14.1. The molecule has 0 unspecified atom stereocenters. The Balaban J connectivity index is 2.68. The Kier molecular flexibility index (Phi) is 4.67. The van der Waals surface area contributed by atoms with Crippen LogP contribution < -0.4 is 5.73 Å². The molecule has 1 atom stereocenters. The quantitative estimate of drug-likeness (QED) is 0.572. The Bertz CT molecular complexity index is 37.1. The highest BCUT2D eigenvalue weighted by molar-refractivity contribution is 7.98. The standard InChI is InChI=1S/C5H13NS/c1-5(6)3-4-7-2/h5H,3-4,6H2,1-2H3/p+1/t5-/m1/s1. The number of hydrogen-bond acceptors (Lipinski definition) is 1. The van der Waals surface area contributed by atoms with E-state index in [1.165, 1.54) is 12.2 Å². The topological polar surface area (TPSA) is 27.6 Å². The van der Waals surface area contributed by atoms with Gasteiger partial charge in [0, 0.05) is 6.42 Å². The highest BCUT2D eigenvalue weighted by atomic mass is 32.2. The number of rotatable bonds is 3. The summed E-state index contributed by atoms with van der Waals surface area (Å²) in [5, 5.41) is 0. The van der Waals surface area contributed by atoms with Gasteiger partial charge in [0.05, 0.1) is 6.04 Å². The van der Waals surface area contributed by atoms with Gasteiger partial charge >= 0.3 is 0 Å². The molecule has 0 aromatic heterocycles. The minimum Gasteiger partial charge on any atom is -0.355 e. The molecular weight excluding hydrogens is 106 g/mol. The van der Waals surface area contributed by atoms with Crippen LogP contribution in [-0.2, 0) is 0 Å². The van der Waals surface area contributed by atoms with Crippen LogP contribution in [0.4, 0.5) is 0 Å². The molecule has 0 aliphatic heterocycles. The minimum atomic E-state index is 0.632. The third-order valence-corrected chi connectivity index (χ3v) is 1.46. The summed E-state index contributed by atoms with van der Waals surface area (Å²) in [5.41, 5.74) is 3.86. The van der Waals surface area contributed by atoms with E-state index in [0.717, 1.165) is 0 Å². The van der Waals surface area contributed by atoms with Gasteiger partial charge in [0.25, 0.3) is 0 Å². The second kappa shape index (κ2) is 4.47. The predicted molar refractivity (Wildman–Crippen MR) is 35.3 cm³/mol. The molecule has 0 aromatic rings. The summed E-state index contributed by atoms with van der Waals surface area (Å²) in [7, 11) is 0. The van der Waals surface area contributed by atoms with Crippen LogP contribution in [0, 0.1) is 0 Å². The van der Waals surface area contributed by atoms with E-state index in [1.807, 2.05) is 11.8 Å². The zero-order valence-electron chi connectivity index (χ0n) is 5.11. The summed E-state index contributed by atoms with van der Waals surface area (Å²) >= 11 is 1.89. The lowest BCUT2D eigenvalue weighted by Crippen LogP contribution is -2.59. The molecular formula is C5H14NS+. The Morgan fingerprint density at radius 1 is 1.71 bits per heavy atom. The van der Waals surface area contributed by atoms with Crippen molar-refractivity contribution in [1.29, 1.82) is 0 Å². The molecule has 0 spiro atoms. The predicted octanol–water partition coefficient (Wildman–Crippen LogP) is 0.370. The minimum absolute atomic E-state index is 0.632. The van der Waals surface area contributed by atoms with Crippen molar-refractivity contribution in [2.75, 3.05) is 12.0 Å². The Labute approximate surface area is 49.7 Å². The molecule has 0 rings (SSSR count). The number of hydrogen-bond donors (Lipinski definition) is 1. The fourth-order valence-corrected chi connectivity index (χ4v) is 0.957. The summed E-state index contributed by atoms with van der Waals surface area (Å²) in [6.07, 6.45) is 3.38. The Hall–Kier alpha value is 0.310. The van der Waals surface area contributed by atoms with Crippen LogP contribution in [-0.4, -0.2) is 18.1 Å². The molecule has 44 valence electrons. The first kappa shape index (κ1) is 7.31. The van der Waals surface area contributed by atoms with E-state index in [2.05, 4.69) is 18.9 Å². The molecule has 0 fully saturated rings. The Morgan fingerprint density at radius 2 is 2.29 bits per heavy atom. The smallest absolute Gasteiger partial charge is 0.0823 e. The van der Waals surface area contributed by atoms with E-state index in [9.17, 15) is 0 Å². The molecule has 0 radical (unpaired) electrons. The molecule has 0 saturated carbocycles. The fourth-order valence-electron chi connectivity index (χ4n) is 0.319. The van der Waals surface area contributed by atoms with Crippen LogP contribution in [0.3, 0.4) is 0 Å². The first-order chi connectivity index (χ1) is 3.27. The summed E-state index contributed by atoms with van der Waals surface area (Å²) < 4.78 is 0. The van der Waals surface area contributed by atoms with Gasteiger partial charge < -0.3 is 5.73 Å². The van der Waals surface area contributed by atoms with Gasteiger partial charge in [-0.05, 0) is 18.9 Å². The van der Waals surface area contributed by atoms with Crippen molar-refractivity contribution in [3.05, 3.63) is 0 Å². The molecule has 0 aromatic carbocycles. The summed E-state index contributed by atoms with van der Waals surface area (Å²) in [6, 6.07) is 0.632. The van der Waals surface area contributed by atoms with Crippen LogP contribution in [0.15, 0.2) is 0 Å². The first-order valence-corrected chi connectivity index (χ1v) is 3.98. The molecule has 3 N–H and O–H groups in total. The van der Waals surface area contributed by atoms with E-state index in [-0.39, 0.29) is 0 Å². The van der Waals surface area contributed by atoms with Gasteiger partial charge in [0.15, 0.2) is 0 Å². The van der Waals surface area contributed by atoms with Crippen molar-refractivity contribution < 1.29 is 5.73 Å². The van der Waals surface area contributed by atoms with Gasteiger partial charge in [-0.1, -0.05) is 0 Å². The largest absolute Gasteiger partial charge is 0.355 e. The maximum absolute atomic E-state index is 3.86. The number of thioether (sulfide) groups is 1. The third kappa shape index (κ3) is 6.31. The molecule has 0 aliphatic rings. The molecule has 0 aliphatic carbocycles. The van der Waals surface area contributed by atoms with Crippen LogP contribution in [0.2, 0.25) is 0 Å². The van der Waals surface area contributed by atoms with Gasteiger partial charge in [-0.3, -0.25) is 0 Å². The fraction of sp³-hybridized carbons (Fsp3) is 1.00. The maximum Gasteiger partial charge on any atom is 0.0823 e. The van der Waals surface area contributed by atoms with Gasteiger partial charge in [-0.25, -0.2) is 0 Å². The molecule has 1 nitrogen and oxygen atoms in total. The van der Waals surface area contributed by atoms with Gasteiger partial charge in [-0.2, -0.15) is 11.8 Å². The van der Waals surface area contributed by atoms with E-state index in [0.29, 0.717) is 6.04 Å². The SMILES string of the molecule is CSCC[C@@H](C)[NH3+]. The second-order valence-corrected chi connectivity index (χ2v) is 2.87. The lowest BCUT2D eigenvalue weighted by molar-refractivity contribution is -0.413. The highest BCUT2D eigenvalue weighted by Crippen LogP contribution is 1.95.